The van der Waals surface area contributed by atoms with Crippen LogP contribution in [0.2, 0.25) is 0 Å². The van der Waals surface area contributed by atoms with Crippen LogP contribution in [0.4, 0.5) is 0 Å². The number of nitrogens with one attached hydrogen (secondary N) is 1. The number of amides is 1. The molecular formula is C25H32N4O2. The zero-order chi connectivity index (χ0) is 22.0. The summed E-state index contributed by atoms with van der Waals surface area (Å²) in [6.07, 6.45) is 3.29. The number of carbonyl (C=O) groups excluding carboxylic acids is 1. The Morgan fingerprint density at radius 2 is 1.94 bits per heavy atom. The predicted octanol–water partition coefficient (Wildman–Crippen LogP) is 2.77. The molecule has 2 aliphatic heterocycles. The van der Waals surface area contributed by atoms with E-state index >= 15 is 0 Å². The van der Waals surface area contributed by atoms with E-state index in [1.807, 2.05) is 23.1 Å². The number of benzene rings is 2. The van der Waals surface area contributed by atoms with Crippen LogP contribution in [-0.4, -0.2) is 45.9 Å². The second-order valence-electron chi connectivity index (χ2n) is 8.74. The van der Waals surface area contributed by atoms with Gasteiger partial charge in [-0.2, -0.15) is 0 Å². The van der Waals surface area contributed by atoms with E-state index < -0.39 is 6.04 Å². The first-order chi connectivity index (χ1) is 15.0. The first-order valence-corrected chi connectivity index (χ1v) is 11.2. The Hall–Kier alpha value is -2.86. The maximum absolute atomic E-state index is 13.5. The first kappa shape index (κ1) is 21.4. The van der Waals surface area contributed by atoms with Crippen LogP contribution >= 0.6 is 0 Å². The molecule has 0 aliphatic carbocycles. The summed E-state index contributed by atoms with van der Waals surface area (Å²) in [5.41, 5.74) is 9.75. The van der Waals surface area contributed by atoms with Gasteiger partial charge in [0.15, 0.2) is 0 Å². The summed E-state index contributed by atoms with van der Waals surface area (Å²) in [6.45, 7) is 4.88. The summed E-state index contributed by atoms with van der Waals surface area (Å²) in [6, 6.07) is 14.9. The van der Waals surface area contributed by atoms with Gasteiger partial charge in [-0.25, -0.2) is 0 Å². The third-order valence-corrected chi connectivity index (χ3v) is 6.40. The Labute approximate surface area is 184 Å². The number of hydrogen-bond donors (Lipinski definition) is 3. The van der Waals surface area contributed by atoms with Crippen molar-refractivity contribution in [2.45, 2.75) is 70.2 Å². The van der Waals surface area contributed by atoms with Gasteiger partial charge in [-0.05, 0) is 48.6 Å². The number of nitrogens with two attached hydrogens (primary N) is 1. The molecule has 0 saturated heterocycles. The standard InChI is InChI=1S/C25H32N4O2/c1-3-6-22-16(2)27-24(28-22)23-14-18-7-4-5-8-19(18)15-29(23)25(31)21(26)13-17-9-11-20(30)12-10-17/h4-5,7-12,16,21-23,30H,3,6,13-15,26H2,1-2H3,(H,27,28)/t16?,21-,22?,23-/m0/s1. The van der Waals surface area contributed by atoms with Gasteiger partial charge in [0.25, 0.3) is 0 Å². The second-order valence-corrected chi connectivity index (χ2v) is 8.74. The Morgan fingerprint density at radius 3 is 2.65 bits per heavy atom. The molecule has 2 heterocycles. The van der Waals surface area contributed by atoms with Crippen molar-refractivity contribution in [1.29, 1.82) is 0 Å². The maximum atomic E-state index is 13.5. The summed E-state index contributed by atoms with van der Waals surface area (Å²) in [5.74, 6) is 1.05. The number of amidine groups is 1. The van der Waals surface area contributed by atoms with Crippen LogP contribution in [0.5, 0.6) is 5.75 Å². The topological polar surface area (TPSA) is 91.0 Å². The highest BCUT2D eigenvalue weighted by Crippen LogP contribution is 2.27. The molecule has 2 unspecified atom stereocenters. The van der Waals surface area contributed by atoms with Gasteiger partial charge in [0, 0.05) is 19.0 Å². The van der Waals surface area contributed by atoms with E-state index in [-0.39, 0.29) is 29.8 Å². The number of phenols is 1. The molecule has 2 aromatic carbocycles. The number of carbonyl (C=O) groups is 1. The van der Waals surface area contributed by atoms with Crippen molar-refractivity contribution >= 4 is 11.7 Å². The molecule has 2 aliphatic rings. The van der Waals surface area contributed by atoms with Gasteiger partial charge in [-0.3, -0.25) is 9.79 Å². The average molecular weight is 421 g/mol. The molecule has 4 atom stereocenters. The first-order valence-electron chi connectivity index (χ1n) is 11.2. The molecule has 6 nitrogen and oxygen atoms in total. The molecule has 2 aromatic rings. The predicted molar refractivity (Wildman–Crippen MR) is 123 cm³/mol. The van der Waals surface area contributed by atoms with Gasteiger partial charge < -0.3 is 21.1 Å². The fraction of sp³-hybridized carbons (Fsp3) is 0.440. The van der Waals surface area contributed by atoms with Crippen molar-refractivity contribution in [3.05, 3.63) is 65.2 Å². The van der Waals surface area contributed by atoms with E-state index in [4.69, 9.17) is 10.7 Å². The highest BCUT2D eigenvalue weighted by atomic mass is 16.3. The lowest BCUT2D eigenvalue weighted by molar-refractivity contribution is -0.134. The van der Waals surface area contributed by atoms with Gasteiger partial charge in [0.2, 0.25) is 5.91 Å². The molecule has 31 heavy (non-hydrogen) atoms. The minimum absolute atomic E-state index is 0.0660. The normalized spacial score (nSPS) is 23.6. The van der Waals surface area contributed by atoms with Gasteiger partial charge in [-0.1, -0.05) is 49.7 Å². The third-order valence-electron chi connectivity index (χ3n) is 6.40. The fourth-order valence-electron chi connectivity index (χ4n) is 4.63. The number of hydrogen-bond acceptors (Lipinski definition) is 5. The molecule has 1 amide bonds. The fourth-order valence-corrected chi connectivity index (χ4v) is 4.63. The van der Waals surface area contributed by atoms with Crippen LogP contribution in [0.25, 0.3) is 0 Å². The molecule has 0 bridgehead atoms. The lowest BCUT2D eigenvalue weighted by atomic mass is 9.92. The molecular weight excluding hydrogens is 388 g/mol. The number of rotatable bonds is 6. The number of nitrogens with zero attached hydrogens (tertiary/aromatic N) is 2. The second kappa shape index (κ2) is 9.10. The van der Waals surface area contributed by atoms with Crippen molar-refractivity contribution in [3.8, 4) is 5.75 Å². The highest BCUT2D eigenvalue weighted by Gasteiger charge is 2.38. The molecule has 0 fully saturated rings. The van der Waals surface area contributed by atoms with E-state index in [0.717, 1.165) is 30.7 Å². The van der Waals surface area contributed by atoms with Crippen LogP contribution in [0.1, 0.15) is 43.4 Å². The average Bonchev–Trinajstić information content (AvgIpc) is 3.14. The number of aromatic hydroxyl groups is 1. The molecule has 4 rings (SSSR count). The SMILES string of the molecule is CCCC1N=C([C@@H]2Cc3ccccc3CN2C(=O)[C@@H](N)Cc2ccc(O)cc2)NC1C. The summed E-state index contributed by atoms with van der Waals surface area (Å²) < 4.78 is 0. The molecule has 164 valence electrons. The highest BCUT2D eigenvalue weighted by molar-refractivity contribution is 5.95. The van der Waals surface area contributed by atoms with Gasteiger partial charge in [0.1, 0.15) is 11.6 Å². The van der Waals surface area contributed by atoms with Crippen molar-refractivity contribution in [1.82, 2.24) is 10.2 Å². The summed E-state index contributed by atoms with van der Waals surface area (Å²) in [5, 5.41) is 13.1. The van der Waals surface area contributed by atoms with E-state index in [1.54, 1.807) is 12.1 Å². The minimum atomic E-state index is -0.650. The largest absolute Gasteiger partial charge is 0.508 e. The van der Waals surface area contributed by atoms with E-state index in [0.29, 0.717) is 13.0 Å². The van der Waals surface area contributed by atoms with Crippen LogP contribution < -0.4 is 11.1 Å². The third kappa shape index (κ3) is 4.59. The summed E-state index contributed by atoms with van der Waals surface area (Å²) >= 11 is 0. The number of aliphatic imine (C=N–C) groups is 1. The van der Waals surface area contributed by atoms with Gasteiger partial charge in [-0.15, -0.1) is 0 Å². The van der Waals surface area contributed by atoms with Crippen LogP contribution in [0, 0.1) is 0 Å². The van der Waals surface area contributed by atoms with E-state index in [2.05, 4.69) is 37.4 Å². The number of phenolic OH excluding ortho intramolecular Hbond substituents is 1. The Morgan fingerprint density at radius 1 is 1.23 bits per heavy atom. The molecule has 0 aromatic heterocycles. The Bertz CT molecular complexity index is 956. The minimum Gasteiger partial charge on any atom is -0.508 e. The Balaban J connectivity index is 1.58. The monoisotopic (exact) mass is 420 g/mol. The zero-order valence-corrected chi connectivity index (χ0v) is 18.3. The number of fused-ring (bicyclic) bond motifs is 1. The van der Waals surface area contributed by atoms with Gasteiger partial charge >= 0.3 is 0 Å². The maximum Gasteiger partial charge on any atom is 0.240 e. The van der Waals surface area contributed by atoms with Crippen LogP contribution in [-0.2, 0) is 24.2 Å². The molecule has 4 N–H and O–H groups in total. The lowest BCUT2D eigenvalue weighted by Gasteiger charge is -2.38. The Kier molecular flexibility index (Phi) is 6.28. The molecule has 0 radical (unpaired) electrons. The van der Waals surface area contributed by atoms with Gasteiger partial charge in [0.05, 0.1) is 18.1 Å². The zero-order valence-electron chi connectivity index (χ0n) is 18.3. The van der Waals surface area contributed by atoms with Crippen molar-refractivity contribution < 1.29 is 9.90 Å². The van der Waals surface area contributed by atoms with Crippen LogP contribution in [0.15, 0.2) is 53.5 Å². The molecule has 0 saturated carbocycles. The van der Waals surface area contributed by atoms with Crippen molar-refractivity contribution in [2.24, 2.45) is 10.7 Å². The summed E-state index contributed by atoms with van der Waals surface area (Å²) in [7, 11) is 0. The van der Waals surface area contributed by atoms with Crippen LogP contribution in [0.3, 0.4) is 0 Å². The smallest absolute Gasteiger partial charge is 0.240 e. The van der Waals surface area contributed by atoms with Crippen molar-refractivity contribution in [3.63, 3.8) is 0 Å². The van der Waals surface area contributed by atoms with E-state index in [1.165, 1.54) is 11.1 Å². The molecule has 0 spiro atoms. The lowest BCUT2D eigenvalue weighted by Crippen LogP contribution is -2.56. The van der Waals surface area contributed by atoms with Crippen molar-refractivity contribution in [2.75, 3.05) is 0 Å². The van der Waals surface area contributed by atoms with E-state index in [9.17, 15) is 9.90 Å². The molecule has 6 heteroatoms. The summed E-state index contributed by atoms with van der Waals surface area (Å²) in [4.78, 5) is 20.4. The quantitative estimate of drug-likeness (QED) is 0.670.